The van der Waals surface area contributed by atoms with Gasteiger partial charge in [0.05, 0.1) is 5.52 Å². The SMILES string of the molecule is CN1CCc2c(-c3ccccc3)cc3c(N=NC(N)=O)c(O)[nH]c3c2C1. The summed E-state index contributed by atoms with van der Waals surface area (Å²) in [6, 6.07) is 11.2. The number of azo groups is 1. The number of aromatic nitrogens is 1. The van der Waals surface area contributed by atoms with Gasteiger partial charge >= 0.3 is 6.03 Å². The minimum absolute atomic E-state index is 0.120. The Morgan fingerprint density at radius 3 is 2.77 bits per heavy atom. The number of nitrogens with two attached hydrogens (primary N) is 1. The molecule has 7 heteroatoms. The van der Waals surface area contributed by atoms with E-state index in [0.717, 1.165) is 47.1 Å². The van der Waals surface area contributed by atoms with Crippen molar-refractivity contribution in [1.82, 2.24) is 9.88 Å². The van der Waals surface area contributed by atoms with Crippen molar-refractivity contribution >= 4 is 22.6 Å². The van der Waals surface area contributed by atoms with Gasteiger partial charge in [-0.1, -0.05) is 35.4 Å². The lowest BCUT2D eigenvalue weighted by Gasteiger charge is -2.27. The van der Waals surface area contributed by atoms with Gasteiger partial charge in [-0.05, 0) is 41.8 Å². The monoisotopic (exact) mass is 349 g/mol. The highest BCUT2D eigenvalue weighted by Gasteiger charge is 2.24. The summed E-state index contributed by atoms with van der Waals surface area (Å²) in [6.45, 7) is 1.73. The maximum atomic E-state index is 11.0. The van der Waals surface area contributed by atoms with Crippen molar-refractivity contribution in [2.45, 2.75) is 13.0 Å². The van der Waals surface area contributed by atoms with Gasteiger partial charge in [-0.2, -0.15) is 0 Å². The molecule has 26 heavy (non-hydrogen) atoms. The molecule has 2 aromatic carbocycles. The third-order valence-corrected chi connectivity index (χ3v) is 4.78. The lowest BCUT2D eigenvalue weighted by molar-refractivity contribution is 0.255. The average Bonchev–Trinajstić information content (AvgIpc) is 2.95. The number of hydrogen-bond acceptors (Lipinski definition) is 4. The van der Waals surface area contributed by atoms with Crippen molar-refractivity contribution in [3.8, 4) is 17.0 Å². The van der Waals surface area contributed by atoms with Crippen LogP contribution in [0.15, 0.2) is 46.6 Å². The Balaban J connectivity index is 2.02. The van der Waals surface area contributed by atoms with E-state index in [-0.39, 0.29) is 11.6 Å². The predicted molar refractivity (Wildman–Crippen MR) is 99.5 cm³/mol. The van der Waals surface area contributed by atoms with Gasteiger partial charge < -0.3 is 20.7 Å². The first-order valence-electron chi connectivity index (χ1n) is 8.39. The number of H-pyrrole nitrogens is 1. The number of carbonyl (C=O) groups excluding carboxylic acids is 1. The second kappa shape index (κ2) is 6.27. The number of rotatable bonds is 2. The maximum Gasteiger partial charge on any atom is 0.356 e. The topological polar surface area (TPSA) is 107 Å². The van der Waals surface area contributed by atoms with Crippen LogP contribution >= 0.6 is 0 Å². The quantitative estimate of drug-likeness (QED) is 0.614. The number of benzene rings is 2. The highest BCUT2D eigenvalue weighted by atomic mass is 16.3. The molecule has 0 aliphatic carbocycles. The highest BCUT2D eigenvalue weighted by Crippen LogP contribution is 2.43. The van der Waals surface area contributed by atoms with Gasteiger partial charge in [0, 0.05) is 18.5 Å². The van der Waals surface area contributed by atoms with Crippen molar-refractivity contribution in [3.63, 3.8) is 0 Å². The molecule has 4 N–H and O–H groups in total. The van der Waals surface area contributed by atoms with Crippen molar-refractivity contribution < 1.29 is 9.90 Å². The molecule has 7 nitrogen and oxygen atoms in total. The summed E-state index contributed by atoms with van der Waals surface area (Å²) in [4.78, 5) is 16.2. The molecule has 0 bridgehead atoms. The van der Waals surface area contributed by atoms with Crippen LogP contribution in [0, 0.1) is 0 Å². The van der Waals surface area contributed by atoms with Gasteiger partial charge in [0.2, 0.25) is 5.88 Å². The summed E-state index contributed by atoms with van der Waals surface area (Å²) < 4.78 is 0. The number of primary amides is 1. The van der Waals surface area contributed by atoms with E-state index in [4.69, 9.17) is 5.73 Å². The van der Waals surface area contributed by atoms with Crippen LogP contribution in [0.1, 0.15) is 11.1 Å². The third kappa shape index (κ3) is 2.72. The first kappa shape index (κ1) is 16.3. The minimum Gasteiger partial charge on any atom is -0.493 e. The van der Waals surface area contributed by atoms with Crippen molar-refractivity contribution in [2.75, 3.05) is 13.6 Å². The number of hydrogen-bond donors (Lipinski definition) is 3. The van der Waals surface area contributed by atoms with Crippen molar-refractivity contribution in [2.24, 2.45) is 16.0 Å². The van der Waals surface area contributed by atoms with Crippen LogP contribution < -0.4 is 5.73 Å². The zero-order chi connectivity index (χ0) is 18.3. The van der Waals surface area contributed by atoms with E-state index in [1.807, 2.05) is 24.3 Å². The van der Waals surface area contributed by atoms with Crippen LogP contribution in [-0.4, -0.2) is 34.6 Å². The molecule has 0 saturated heterocycles. The largest absolute Gasteiger partial charge is 0.493 e. The van der Waals surface area contributed by atoms with E-state index >= 15 is 0 Å². The van der Waals surface area contributed by atoms with E-state index in [1.54, 1.807) is 0 Å². The number of fused-ring (bicyclic) bond motifs is 3. The molecule has 132 valence electrons. The van der Waals surface area contributed by atoms with E-state index in [2.05, 4.69) is 39.3 Å². The Hall–Kier alpha value is -3.19. The number of amides is 2. The molecule has 3 aromatic rings. The molecule has 2 heterocycles. The molecular weight excluding hydrogens is 330 g/mol. The molecule has 0 unspecified atom stereocenters. The molecule has 4 rings (SSSR count). The first-order chi connectivity index (χ1) is 12.5. The van der Waals surface area contributed by atoms with Gasteiger partial charge in [-0.15, -0.1) is 5.11 Å². The molecule has 0 radical (unpaired) electrons. The van der Waals surface area contributed by atoms with Crippen LogP contribution in [-0.2, 0) is 13.0 Å². The summed E-state index contributed by atoms with van der Waals surface area (Å²) in [7, 11) is 2.07. The molecule has 2 amide bonds. The van der Waals surface area contributed by atoms with E-state index in [9.17, 15) is 9.90 Å². The van der Waals surface area contributed by atoms with Crippen LogP contribution in [0.2, 0.25) is 0 Å². The normalized spacial score (nSPS) is 14.8. The Morgan fingerprint density at radius 2 is 2.04 bits per heavy atom. The van der Waals surface area contributed by atoms with Crippen LogP contribution in [0.4, 0.5) is 10.5 Å². The van der Waals surface area contributed by atoms with Gasteiger partial charge in [-0.3, -0.25) is 0 Å². The zero-order valence-electron chi connectivity index (χ0n) is 14.4. The molecule has 0 atom stereocenters. The number of likely N-dealkylation sites (N-methyl/N-ethyl adjacent to an activating group) is 1. The number of nitrogens with one attached hydrogen (secondary N) is 1. The van der Waals surface area contributed by atoms with Crippen LogP contribution in [0.25, 0.3) is 22.0 Å². The fourth-order valence-corrected chi connectivity index (χ4v) is 3.60. The summed E-state index contributed by atoms with van der Waals surface area (Å²) in [6.07, 6.45) is 0.921. The lowest BCUT2D eigenvalue weighted by Crippen LogP contribution is -2.27. The van der Waals surface area contributed by atoms with Gasteiger partial charge in [0.25, 0.3) is 0 Å². The first-order valence-corrected chi connectivity index (χ1v) is 8.39. The zero-order valence-corrected chi connectivity index (χ0v) is 14.4. The van der Waals surface area contributed by atoms with E-state index in [0.29, 0.717) is 0 Å². The Bertz CT molecular complexity index is 1020. The molecule has 1 aromatic heterocycles. The number of nitrogens with zero attached hydrogens (tertiary/aromatic N) is 3. The fourth-order valence-electron chi connectivity index (χ4n) is 3.60. The fraction of sp³-hybridized carbons (Fsp3) is 0.211. The highest BCUT2D eigenvalue weighted by molar-refractivity contribution is 6.00. The number of aromatic amines is 1. The van der Waals surface area contributed by atoms with Gasteiger partial charge in [-0.25, -0.2) is 4.79 Å². The maximum absolute atomic E-state index is 11.0. The van der Waals surface area contributed by atoms with Crippen molar-refractivity contribution in [1.29, 1.82) is 0 Å². The summed E-state index contributed by atoms with van der Waals surface area (Å²) >= 11 is 0. The molecule has 1 aliphatic heterocycles. The standard InChI is InChI=1S/C19H19N5O2/c1-24-8-7-12-13(11-5-3-2-4-6-11)9-14-16(15(12)10-24)21-18(25)17(14)22-23-19(20)26/h2-6,9,21,25H,7-8,10H2,1H3,(H2,20,26). The van der Waals surface area contributed by atoms with Gasteiger partial charge in [0.1, 0.15) is 0 Å². The van der Waals surface area contributed by atoms with Crippen LogP contribution in [0.5, 0.6) is 5.88 Å². The Morgan fingerprint density at radius 1 is 1.27 bits per heavy atom. The van der Waals surface area contributed by atoms with Crippen LogP contribution in [0.3, 0.4) is 0 Å². The summed E-state index contributed by atoms with van der Waals surface area (Å²) in [5.74, 6) is -0.120. The molecular formula is C19H19N5O2. The molecule has 0 spiro atoms. The minimum atomic E-state index is -0.903. The second-order valence-corrected chi connectivity index (χ2v) is 6.52. The predicted octanol–water partition coefficient (Wildman–Crippen LogP) is 3.69. The number of urea groups is 1. The molecule has 1 aliphatic rings. The average molecular weight is 349 g/mol. The van der Waals surface area contributed by atoms with E-state index in [1.165, 1.54) is 5.56 Å². The number of carbonyl (C=O) groups is 1. The Labute approximate surface area is 150 Å². The Kier molecular flexibility index (Phi) is 3.93. The smallest absolute Gasteiger partial charge is 0.356 e. The lowest BCUT2D eigenvalue weighted by atomic mass is 9.89. The van der Waals surface area contributed by atoms with Crippen molar-refractivity contribution in [3.05, 3.63) is 47.5 Å². The van der Waals surface area contributed by atoms with Gasteiger partial charge in [0.15, 0.2) is 5.69 Å². The molecule has 0 fully saturated rings. The van der Waals surface area contributed by atoms with E-state index < -0.39 is 6.03 Å². The molecule has 0 saturated carbocycles. The second-order valence-electron chi connectivity index (χ2n) is 6.52. The summed E-state index contributed by atoms with van der Waals surface area (Å²) in [5.41, 5.74) is 10.7. The third-order valence-electron chi connectivity index (χ3n) is 4.78. The number of aromatic hydroxyl groups is 1. The summed E-state index contributed by atoms with van der Waals surface area (Å²) in [5, 5.41) is 18.3.